The molecule has 4 aliphatic rings. The van der Waals surface area contributed by atoms with Crippen molar-refractivity contribution in [2.24, 2.45) is 0 Å². The molecule has 11 aromatic rings. The Hall–Kier alpha value is -8.46. The van der Waals surface area contributed by atoms with Crippen LogP contribution in [0.4, 0.5) is 34.1 Å². The fraction of sp³-hybridized carbons (Fsp3) is 0.114. The molecular weight excluding hydrogens is 869 g/mol. The average Bonchev–Trinajstić information content (AvgIpc) is 3.80. The largest absolute Gasteiger partial charge is 0.310 e. The van der Waals surface area contributed by atoms with Gasteiger partial charge in [0.15, 0.2) is 0 Å². The zero-order chi connectivity index (χ0) is 48.0. The Morgan fingerprint density at radius 1 is 0.278 bits per heavy atom. The fourth-order valence-corrected chi connectivity index (χ4v) is 13.7. The predicted octanol–water partition coefficient (Wildman–Crippen LogP) is 18.7. The maximum atomic E-state index is 2.53. The van der Waals surface area contributed by atoms with Crippen LogP contribution in [0.3, 0.4) is 0 Å². The number of hydrogen-bond acceptors (Lipinski definition) is 2. The zero-order valence-electron chi connectivity index (χ0n) is 41.1. The van der Waals surface area contributed by atoms with E-state index in [-0.39, 0.29) is 10.8 Å². The monoisotopic (exact) mass is 920 g/mol. The van der Waals surface area contributed by atoms with Crippen LogP contribution in [0.1, 0.15) is 72.2 Å². The number of rotatable bonds is 4. The van der Waals surface area contributed by atoms with Crippen molar-refractivity contribution in [1.29, 1.82) is 0 Å². The summed E-state index contributed by atoms with van der Waals surface area (Å²) in [5.41, 5.74) is 28.2. The topological polar surface area (TPSA) is 6.48 Å². The van der Waals surface area contributed by atoms with Crippen molar-refractivity contribution in [3.8, 4) is 44.5 Å². The molecule has 0 atom stereocenters. The highest BCUT2D eigenvalue weighted by Crippen LogP contribution is 2.59. The predicted molar refractivity (Wildman–Crippen MR) is 302 cm³/mol. The summed E-state index contributed by atoms with van der Waals surface area (Å²) < 4.78 is 0. The molecule has 2 nitrogen and oxygen atoms in total. The van der Waals surface area contributed by atoms with E-state index < -0.39 is 0 Å². The Kier molecular flexibility index (Phi) is 8.63. The molecule has 2 heterocycles. The lowest BCUT2D eigenvalue weighted by Crippen LogP contribution is -2.18. The molecule has 0 saturated heterocycles. The van der Waals surface area contributed by atoms with Crippen molar-refractivity contribution < 1.29 is 0 Å². The van der Waals surface area contributed by atoms with Crippen molar-refractivity contribution >= 4 is 55.7 Å². The minimum Gasteiger partial charge on any atom is -0.310 e. The van der Waals surface area contributed by atoms with Gasteiger partial charge in [-0.05, 0) is 159 Å². The van der Waals surface area contributed by atoms with Gasteiger partial charge in [0.2, 0.25) is 0 Å². The van der Waals surface area contributed by atoms with Gasteiger partial charge in [0.05, 0.1) is 0 Å². The summed E-state index contributed by atoms with van der Waals surface area (Å²) in [7, 11) is 0. The van der Waals surface area contributed by atoms with Crippen molar-refractivity contribution in [2.75, 3.05) is 9.80 Å². The Labute approximate surface area is 422 Å². The molecule has 2 heteroatoms. The second-order valence-electron chi connectivity index (χ2n) is 21.5. The molecule has 0 bridgehead atoms. The van der Waals surface area contributed by atoms with E-state index in [1.54, 1.807) is 0 Å². The molecule has 11 aromatic carbocycles. The van der Waals surface area contributed by atoms with Gasteiger partial charge in [-0.25, -0.2) is 0 Å². The Bertz CT molecular complexity index is 3770. The van der Waals surface area contributed by atoms with Gasteiger partial charge in [0.1, 0.15) is 0 Å². The molecule has 0 unspecified atom stereocenters. The van der Waals surface area contributed by atoms with E-state index in [0.29, 0.717) is 0 Å². The van der Waals surface area contributed by atoms with E-state index in [0.717, 1.165) is 24.2 Å². The highest BCUT2D eigenvalue weighted by Gasteiger charge is 2.40. The van der Waals surface area contributed by atoms with Gasteiger partial charge in [-0.1, -0.05) is 198 Å². The standard InChI is InChI=1S/C70H52N2/c1-69(2)57-27-11-9-23-51(57)67-53(25-17-29-59(67)69)65-49-37-35-48(72-63-33-15-7-21-45(63)40-46-22-8-16-34-64(46)72)42-56(49)66(54-26-18-30-60-68(54)52-24-10-12-28-58(52)70(60,3)4)50-38-36-47(41-55(50)65)71-61-31-13-5-19-43(61)39-44-20-6-14-32-62(44)71/h5-38,41-42H,39-40H2,1-4H3. The van der Waals surface area contributed by atoms with E-state index in [1.807, 2.05) is 0 Å². The van der Waals surface area contributed by atoms with E-state index in [2.05, 4.69) is 256 Å². The van der Waals surface area contributed by atoms with Crippen LogP contribution in [-0.2, 0) is 23.7 Å². The molecule has 2 aliphatic carbocycles. The molecule has 342 valence electrons. The number of anilines is 6. The lowest BCUT2D eigenvalue weighted by atomic mass is 9.79. The van der Waals surface area contributed by atoms with Crippen LogP contribution in [0.2, 0.25) is 0 Å². The highest BCUT2D eigenvalue weighted by atomic mass is 15.2. The minimum atomic E-state index is -0.160. The summed E-state index contributed by atoms with van der Waals surface area (Å²) in [6.07, 6.45) is 1.82. The quantitative estimate of drug-likeness (QED) is 0.162. The smallest absolute Gasteiger partial charge is 0.0497 e. The van der Waals surface area contributed by atoms with Crippen LogP contribution in [0.25, 0.3) is 66.1 Å². The molecule has 15 rings (SSSR count). The second-order valence-corrected chi connectivity index (χ2v) is 21.5. The fourth-order valence-electron chi connectivity index (χ4n) is 13.7. The highest BCUT2D eigenvalue weighted by molar-refractivity contribution is 6.25. The van der Waals surface area contributed by atoms with Gasteiger partial charge in [0.25, 0.3) is 0 Å². The van der Waals surface area contributed by atoms with E-state index in [1.165, 1.54) is 133 Å². The SMILES string of the molecule is CC1(C)c2ccccc2-c2c(-c3c4ccc(N5c6ccccc6Cc6ccccc65)cc4c(-c4cccc5c4-c4ccccc4C5(C)C)c4ccc(N5c6ccccc6Cc6ccccc65)cc34)cccc21. The molecule has 0 radical (unpaired) electrons. The number of para-hydroxylation sites is 4. The molecule has 72 heavy (non-hydrogen) atoms. The van der Waals surface area contributed by atoms with Gasteiger partial charge in [-0.3, -0.25) is 0 Å². The molecule has 0 N–H and O–H groups in total. The maximum Gasteiger partial charge on any atom is 0.0497 e. The van der Waals surface area contributed by atoms with Gasteiger partial charge in [-0.15, -0.1) is 0 Å². The minimum absolute atomic E-state index is 0.160. The lowest BCUT2D eigenvalue weighted by Gasteiger charge is -2.34. The van der Waals surface area contributed by atoms with Crippen LogP contribution < -0.4 is 9.80 Å². The van der Waals surface area contributed by atoms with Crippen LogP contribution in [-0.4, -0.2) is 0 Å². The number of benzene rings is 11. The average molecular weight is 921 g/mol. The van der Waals surface area contributed by atoms with Crippen molar-refractivity contribution in [1.82, 2.24) is 0 Å². The number of nitrogens with zero attached hydrogens (tertiary/aromatic N) is 2. The molecule has 0 aromatic heterocycles. The van der Waals surface area contributed by atoms with Crippen LogP contribution >= 0.6 is 0 Å². The zero-order valence-corrected chi connectivity index (χ0v) is 41.1. The van der Waals surface area contributed by atoms with Gasteiger partial charge in [0, 0.05) is 57.8 Å². The molecule has 0 fully saturated rings. The van der Waals surface area contributed by atoms with Crippen LogP contribution in [0.5, 0.6) is 0 Å². The Balaban J connectivity index is 1.11. The van der Waals surface area contributed by atoms with Gasteiger partial charge >= 0.3 is 0 Å². The third-order valence-corrected chi connectivity index (χ3v) is 17.0. The number of fused-ring (bicyclic) bond motifs is 12. The van der Waals surface area contributed by atoms with E-state index in [4.69, 9.17) is 0 Å². The third-order valence-electron chi connectivity index (χ3n) is 17.0. The summed E-state index contributed by atoms with van der Waals surface area (Å²) in [6, 6.07) is 83.2. The molecule has 2 aliphatic heterocycles. The lowest BCUT2D eigenvalue weighted by molar-refractivity contribution is 0.660. The summed E-state index contributed by atoms with van der Waals surface area (Å²) >= 11 is 0. The van der Waals surface area contributed by atoms with E-state index in [9.17, 15) is 0 Å². The van der Waals surface area contributed by atoms with Crippen molar-refractivity contribution in [3.05, 3.63) is 263 Å². The molecule has 0 amide bonds. The molecular formula is C70H52N2. The first-order chi connectivity index (χ1) is 35.3. The van der Waals surface area contributed by atoms with Crippen molar-refractivity contribution in [2.45, 2.75) is 51.4 Å². The first-order valence-corrected chi connectivity index (χ1v) is 25.7. The van der Waals surface area contributed by atoms with Crippen LogP contribution in [0.15, 0.2) is 218 Å². The van der Waals surface area contributed by atoms with E-state index >= 15 is 0 Å². The second kappa shape index (κ2) is 15.0. The molecule has 0 spiro atoms. The maximum absolute atomic E-state index is 2.53. The van der Waals surface area contributed by atoms with Gasteiger partial charge < -0.3 is 9.80 Å². The first kappa shape index (κ1) is 41.3. The summed E-state index contributed by atoms with van der Waals surface area (Å²) in [5, 5.41) is 4.98. The first-order valence-electron chi connectivity index (χ1n) is 25.7. The normalized spacial score (nSPS) is 15.0. The number of hydrogen-bond donors (Lipinski definition) is 0. The summed E-state index contributed by atoms with van der Waals surface area (Å²) in [5.74, 6) is 0. The third kappa shape index (κ3) is 5.66. The van der Waals surface area contributed by atoms with Crippen molar-refractivity contribution in [3.63, 3.8) is 0 Å². The van der Waals surface area contributed by atoms with Crippen LogP contribution in [0, 0.1) is 0 Å². The Morgan fingerprint density at radius 3 is 0.986 bits per heavy atom. The summed E-state index contributed by atoms with van der Waals surface area (Å²) in [4.78, 5) is 5.03. The molecule has 0 saturated carbocycles. The Morgan fingerprint density at radius 2 is 0.597 bits per heavy atom. The summed E-state index contributed by atoms with van der Waals surface area (Å²) in [6.45, 7) is 9.61. The van der Waals surface area contributed by atoms with Gasteiger partial charge in [-0.2, -0.15) is 0 Å².